The second kappa shape index (κ2) is 6.91. The maximum absolute atomic E-state index is 12.0. The molecule has 1 N–H and O–H groups in total. The average Bonchev–Trinajstić information content (AvgIpc) is 3.24. The highest BCUT2D eigenvalue weighted by molar-refractivity contribution is 7.07. The van der Waals surface area contributed by atoms with Crippen molar-refractivity contribution in [1.82, 2.24) is 10.3 Å². The summed E-state index contributed by atoms with van der Waals surface area (Å²) in [6.07, 6.45) is 1.58. The predicted molar refractivity (Wildman–Crippen MR) is 82.8 cm³/mol. The fraction of sp³-hybridized carbons (Fsp3) is 0.125. The van der Waals surface area contributed by atoms with Gasteiger partial charge in [0.25, 0.3) is 5.91 Å². The number of hydrogen-bond acceptors (Lipinski definition) is 5. The Balaban J connectivity index is 1.53. The van der Waals surface area contributed by atoms with Crippen molar-refractivity contribution >= 4 is 17.2 Å². The first-order valence-electron chi connectivity index (χ1n) is 6.72. The van der Waals surface area contributed by atoms with Crippen molar-refractivity contribution in [3.05, 3.63) is 70.6 Å². The smallest absolute Gasteiger partial charge is 0.251 e. The van der Waals surface area contributed by atoms with Crippen molar-refractivity contribution in [3.63, 3.8) is 0 Å². The van der Waals surface area contributed by atoms with Gasteiger partial charge in [0.15, 0.2) is 0 Å². The number of hydrogen-bond donors (Lipinski definition) is 1. The highest BCUT2D eigenvalue weighted by atomic mass is 32.1. The molecule has 0 bridgehead atoms. The van der Waals surface area contributed by atoms with Gasteiger partial charge in [-0.2, -0.15) is 0 Å². The first-order chi connectivity index (χ1) is 10.8. The Hall–Kier alpha value is -2.60. The first kappa shape index (κ1) is 14.3. The van der Waals surface area contributed by atoms with Crippen LogP contribution in [-0.4, -0.2) is 10.9 Å². The van der Waals surface area contributed by atoms with Gasteiger partial charge < -0.3 is 14.5 Å². The summed E-state index contributed by atoms with van der Waals surface area (Å²) in [5.41, 5.74) is 3.24. The van der Waals surface area contributed by atoms with Gasteiger partial charge in [-0.15, -0.1) is 11.3 Å². The summed E-state index contributed by atoms with van der Waals surface area (Å²) in [6, 6.07) is 10.6. The number of carbonyl (C=O) groups excluding carboxylic acids is 1. The second-order valence-corrected chi connectivity index (χ2v) is 5.27. The maximum Gasteiger partial charge on any atom is 0.251 e. The number of ether oxygens (including phenoxy) is 1. The van der Waals surface area contributed by atoms with Crippen LogP contribution in [0.5, 0.6) is 5.75 Å². The van der Waals surface area contributed by atoms with E-state index in [1.165, 1.54) is 11.3 Å². The molecule has 5 nitrogen and oxygen atoms in total. The van der Waals surface area contributed by atoms with E-state index in [1.807, 2.05) is 11.4 Å². The van der Waals surface area contributed by atoms with Crippen molar-refractivity contribution in [2.75, 3.05) is 0 Å². The van der Waals surface area contributed by atoms with E-state index in [2.05, 4.69) is 10.3 Å². The molecule has 0 radical (unpaired) electrons. The van der Waals surface area contributed by atoms with E-state index < -0.39 is 0 Å². The van der Waals surface area contributed by atoms with Gasteiger partial charge >= 0.3 is 0 Å². The van der Waals surface area contributed by atoms with Crippen LogP contribution >= 0.6 is 11.3 Å². The third-order valence-electron chi connectivity index (χ3n) is 2.99. The third kappa shape index (κ3) is 3.73. The Kier molecular flexibility index (Phi) is 4.50. The van der Waals surface area contributed by atoms with Crippen LogP contribution in [0.1, 0.15) is 21.8 Å². The van der Waals surface area contributed by atoms with Gasteiger partial charge in [0.05, 0.1) is 24.0 Å². The molecular weight excluding hydrogens is 300 g/mol. The summed E-state index contributed by atoms with van der Waals surface area (Å²) in [5.74, 6) is 1.27. The van der Waals surface area contributed by atoms with Gasteiger partial charge in [0.1, 0.15) is 18.1 Å². The van der Waals surface area contributed by atoms with Crippen LogP contribution in [0, 0.1) is 0 Å². The molecule has 0 fully saturated rings. The van der Waals surface area contributed by atoms with Gasteiger partial charge in [-0.05, 0) is 36.4 Å². The molecule has 0 aliphatic carbocycles. The summed E-state index contributed by atoms with van der Waals surface area (Å²) in [5, 5.41) is 4.73. The van der Waals surface area contributed by atoms with Gasteiger partial charge in [0, 0.05) is 10.9 Å². The standard InChI is InChI=1S/C16H14N2O3S/c19-16(17-8-15-2-1-7-20-15)12-3-5-14(6-4-12)21-9-13-10-22-11-18-13/h1-7,10-11H,8-9H2,(H,17,19). The van der Waals surface area contributed by atoms with Crippen LogP contribution in [-0.2, 0) is 13.2 Å². The topological polar surface area (TPSA) is 64.4 Å². The lowest BCUT2D eigenvalue weighted by Gasteiger charge is -2.06. The quantitative estimate of drug-likeness (QED) is 0.758. The van der Waals surface area contributed by atoms with Crippen molar-refractivity contribution in [2.45, 2.75) is 13.2 Å². The van der Waals surface area contributed by atoms with Crippen LogP contribution in [0.15, 0.2) is 58.0 Å². The fourth-order valence-corrected chi connectivity index (χ4v) is 2.39. The molecule has 3 aromatic rings. The Morgan fingerprint density at radius 2 is 2.14 bits per heavy atom. The zero-order valence-corrected chi connectivity index (χ0v) is 12.5. The zero-order chi connectivity index (χ0) is 15.2. The lowest BCUT2D eigenvalue weighted by Crippen LogP contribution is -2.22. The lowest BCUT2D eigenvalue weighted by atomic mass is 10.2. The van der Waals surface area contributed by atoms with Gasteiger partial charge in [-0.1, -0.05) is 0 Å². The van der Waals surface area contributed by atoms with Crippen molar-refractivity contribution < 1.29 is 13.9 Å². The number of nitrogens with zero attached hydrogens (tertiary/aromatic N) is 1. The molecule has 0 saturated heterocycles. The molecule has 1 aromatic carbocycles. The molecule has 0 unspecified atom stereocenters. The fourth-order valence-electron chi connectivity index (χ4n) is 1.85. The number of rotatable bonds is 6. The molecule has 22 heavy (non-hydrogen) atoms. The van der Waals surface area contributed by atoms with E-state index in [0.717, 1.165) is 11.5 Å². The summed E-state index contributed by atoms with van der Waals surface area (Å²) in [6.45, 7) is 0.793. The van der Waals surface area contributed by atoms with Gasteiger partial charge in [-0.3, -0.25) is 4.79 Å². The monoisotopic (exact) mass is 314 g/mol. The van der Waals surface area contributed by atoms with E-state index in [0.29, 0.717) is 24.5 Å². The highest BCUT2D eigenvalue weighted by Crippen LogP contribution is 2.14. The number of thiazole rings is 1. The van der Waals surface area contributed by atoms with Crippen LogP contribution in [0.4, 0.5) is 0 Å². The van der Waals surface area contributed by atoms with E-state index in [4.69, 9.17) is 9.15 Å². The predicted octanol–water partition coefficient (Wildman–Crippen LogP) is 3.25. The van der Waals surface area contributed by atoms with Crippen molar-refractivity contribution in [3.8, 4) is 5.75 Å². The van der Waals surface area contributed by atoms with Crippen LogP contribution in [0.3, 0.4) is 0 Å². The van der Waals surface area contributed by atoms with E-state index in [1.54, 1.807) is 42.1 Å². The molecule has 2 heterocycles. The molecule has 1 amide bonds. The van der Waals surface area contributed by atoms with Gasteiger partial charge in [-0.25, -0.2) is 4.98 Å². The van der Waals surface area contributed by atoms with Crippen molar-refractivity contribution in [2.24, 2.45) is 0 Å². The van der Waals surface area contributed by atoms with E-state index >= 15 is 0 Å². The first-order valence-corrected chi connectivity index (χ1v) is 7.66. The number of aromatic nitrogens is 1. The molecule has 0 aliphatic rings. The van der Waals surface area contributed by atoms with Crippen LogP contribution in [0.2, 0.25) is 0 Å². The summed E-state index contributed by atoms with van der Waals surface area (Å²) >= 11 is 1.53. The number of carbonyl (C=O) groups is 1. The number of amides is 1. The Morgan fingerprint density at radius 1 is 1.27 bits per heavy atom. The zero-order valence-electron chi connectivity index (χ0n) is 11.7. The average molecular weight is 314 g/mol. The van der Waals surface area contributed by atoms with Crippen molar-refractivity contribution in [1.29, 1.82) is 0 Å². The van der Waals surface area contributed by atoms with Crippen LogP contribution in [0.25, 0.3) is 0 Å². The van der Waals surface area contributed by atoms with E-state index in [-0.39, 0.29) is 5.91 Å². The molecular formula is C16H14N2O3S. The molecule has 3 rings (SSSR count). The summed E-state index contributed by atoms with van der Waals surface area (Å²) in [4.78, 5) is 16.1. The molecule has 112 valence electrons. The number of benzene rings is 1. The Labute approximate surface area is 131 Å². The largest absolute Gasteiger partial charge is 0.487 e. The SMILES string of the molecule is O=C(NCc1ccco1)c1ccc(OCc2cscn2)cc1. The highest BCUT2D eigenvalue weighted by Gasteiger charge is 2.06. The summed E-state index contributed by atoms with van der Waals surface area (Å²) in [7, 11) is 0. The maximum atomic E-state index is 12.0. The van der Waals surface area contributed by atoms with E-state index in [9.17, 15) is 4.79 Å². The number of furan rings is 1. The Bertz CT molecular complexity index is 706. The second-order valence-electron chi connectivity index (χ2n) is 4.55. The normalized spacial score (nSPS) is 10.4. The molecule has 0 aliphatic heterocycles. The third-order valence-corrected chi connectivity index (χ3v) is 3.63. The minimum absolute atomic E-state index is 0.151. The van der Waals surface area contributed by atoms with Gasteiger partial charge in [0.2, 0.25) is 0 Å². The minimum Gasteiger partial charge on any atom is -0.487 e. The molecule has 2 aromatic heterocycles. The molecule has 0 atom stereocenters. The minimum atomic E-state index is -0.151. The lowest BCUT2D eigenvalue weighted by molar-refractivity contribution is 0.0948. The summed E-state index contributed by atoms with van der Waals surface area (Å²) < 4.78 is 10.8. The number of nitrogens with one attached hydrogen (secondary N) is 1. The molecule has 6 heteroatoms. The Morgan fingerprint density at radius 3 is 2.82 bits per heavy atom. The molecule has 0 saturated carbocycles. The van der Waals surface area contributed by atoms with Crippen LogP contribution < -0.4 is 10.1 Å². The molecule has 0 spiro atoms.